The van der Waals surface area contributed by atoms with Gasteiger partial charge < -0.3 is 10.2 Å². The van der Waals surface area contributed by atoms with Crippen LogP contribution in [0.3, 0.4) is 0 Å². The second kappa shape index (κ2) is 4.92. The topological polar surface area (TPSA) is 124 Å². The van der Waals surface area contributed by atoms with Gasteiger partial charge in [-0.25, -0.2) is 4.79 Å². The number of hydrogen-bond acceptors (Lipinski definition) is 5. The summed E-state index contributed by atoms with van der Waals surface area (Å²) in [4.78, 5) is 47.4. The lowest BCUT2D eigenvalue weighted by Crippen LogP contribution is -2.53. The number of aliphatic hydroxyl groups excluding tert-OH is 1. The van der Waals surface area contributed by atoms with Crippen molar-refractivity contribution in [3.05, 3.63) is 34.9 Å². The highest BCUT2D eigenvalue weighted by Gasteiger charge is 2.44. The third-order valence-electron chi connectivity index (χ3n) is 3.85. The van der Waals surface area contributed by atoms with E-state index < -0.39 is 36.0 Å². The zero-order valence-electron chi connectivity index (χ0n) is 11.3. The van der Waals surface area contributed by atoms with Crippen LogP contribution in [0.1, 0.15) is 45.3 Å². The van der Waals surface area contributed by atoms with E-state index in [1.165, 1.54) is 18.2 Å². The SMILES string of the molecule is O=C1CCC(N2C(=O)c3ccc(C(=O)O)cc3C2O)C(=O)N1. The normalized spacial score (nSPS) is 24.2. The van der Waals surface area contributed by atoms with Gasteiger partial charge >= 0.3 is 5.97 Å². The highest BCUT2D eigenvalue weighted by molar-refractivity contribution is 6.06. The number of fused-ring (bicyclic) bond motifs is 1. The molecule has 0 radical (unpaired) electrons. The number of piperidine rings is 1. The molecule has 22 heavy (non-hydrogen) atoms. The average molecular weight is 304 g/mol. The lowest BCUT2D eigenvalue weighted by atomic mass is 10.0. The van der Waals surface area contributed by atoms with E-state index in [-0.39, 0.29) is 29.5 Å². The first kappa shape index (κ1) is 14.2. The molecule has 2 atom stereocenters. The molecule has 2 heterocycles. The summed E-state index contributed by atoms with van der Waals surface area (Å²) in [7, 11) is 0. The predicted octanol–water partition coefficient (Wildman–Crippen LogP) is -0.363. The zero-order valence-corrected chi connectivity index (χ0v) is 11.3. The number of imide groups is 1. The summed E-state index contributed by atoms with van der Waals surface area (Å²) < 4.78 is 0. The van der Waals surface area contributed by atoms with Crippen LogP contribution < -0.4 is 5.32 Å². The van der Waals surface area contributed by atoms with Crippen molar-refractivity contribution < 1.29 is 29.4 Å². The molecule has 114 valence electrons. The molecule has 1 fully saturated rings. The Bertz CT molecular complexity index is 713. The quantitative estimate of drug-likeness (QED) is 0.641. The lowest BCUT2D eigenvalue weighted by molar-refractivity contribution is -0.139. The number of aliphatic hydroxyl groups is 1. The molecule has 0 aromatic heterocycles. The number of amides is 3. The van der Waals surface area contributed by atoms with E-state index >= 15 is 0 Å². The Morgan fingerprint density at radius 3 is 2.64 bits per heavy atom. The van der Waals surface area contributed by atoms with Gasteiger partial charge in [0.2, 0.25) is 11.8 Å². The average Bonchev–Trinajstić information content (AvgIpc) is 2.71. The third kappa shape index (κ3) is 2.04. The van der Waals surface area contributed by atoms with Gasteiger partial charge in [0.05, 0.1) is 5.56 Å². The highest BCUT2D eigenvalue weighted by Crippen LogP contribution is 2.35. The van der Waals surface area contributed by atoms with E-state index in [1.54, 1.807) is 0 Å². The van der Waals surface area contributed by atoms with Crippen molar-refractivity contribution in [2.45, 2.75) is 25.1 Å². The van der Waals surface area contributed by atoms with E-state index in [2.05, 4.69) is 5.32 Å². The summed E-state index contributed by atoms with van der Waals surface area (Å²) in [6, 6.07) is 2.84. The predicted molar refractivity (Wildman–Crippen MR) is 70.7 cm³/mol. The minimum Gasteiger partial charge on any atom is -0.478 e. The fraction of sp³-hybridized carbons (Fsp3) is 0.286. The van der Waals surface area contributed by atoms with Gasteiger partial charge in [-0.2, -0.15) is 0 Å². The second-order valence-corrected chi connectivity index (χ2v) is 5.16. The standard InChI is InChI=1S/C14H12N2O6/c17-10-4-3-9(11(18)15-10)16-12(19)7-2-1-6(14(21)22)5-8(7)13(16)20/h1-2,5,9,13,20H,3-4H2,(H,21,22)(H,15,17,18). The van der Waals surface area contributed by atoms with Gasteiger partial charge in [-0.05, 0) is 24.6 Å². The maximum atomic E-state index is 12.4. The molecule has 3 rings (SSSR count). The summed E-state index contributed by atoms with van der Waals surface area (Å²) in [6.45, 7) is 0. The van der Waals surface area contributed by atoms with E-state index in [0.717, 1.165) is 4.90 Å². The number of nitrogens with one attached hydrogen (secondary N) is 1. The number of hydrogen-bond donors (Lipinski definition) is 3. The van der Waals surface area contributed by atoms with Crippen molar-refractivity contribution in [2.24, 2.45) is 0 Å². The molecule has 8 nitrogen and oxygen atoms in total. The highest BCUT2D eigenvalue weighted by atomic mass is 16.4. The number of aromatic carboxylic acids is 1. The van der Waals surface area contributed by atoms with Gasteiger partial charge in [-0.15, -0.1) is 0 Å². The number of benzene rings is 1. The molecular weight excluding hydrogens is 292 g/mol. The minimum atomic E-state index is -1.41. The summed E-state index contributed by atoms with van der Waals surface area (Å²) in [5.74, 6) is -2.81. The van der Waals surface area contributed by atoms with Crippen LogP contribution in [0.15, 0.2) is 18.2 Å². The van der Waals surface area contributed by atoms with Gasteiger partial charge in [-0.1, -0.05) is 0 Å². The molecule has 1 saturated heterocycles. The maximum absolute atomic E-state index is 12.4. The molecule has 0 saturated carbocycles. The number of carbonyl (C=O) groups excluding carboxylic acids is 3. The zero-order chi connectivity index (χ0) is 16.0. The Morgan fingerprint density at radius 1 is 1.27 bits per heavy atom. The Balaban J connectivity index is 1.96. The molecule has 2 aliphatic rings. The van der Waals surface area contributed by atoms with E-state index in [1.807, 2.05) is 0 Å². The first-order chi connectivity index (χ1) is 10.4. The second-order valence-electron chi connectivity index (χ2n) is 5.16. The molecule has 0 bridgehead atoms. The monoisotopic (exact) mass is 304 g/mol. The Morgan fingerprint density at radius 2 is 2.00 bits per heavy atom. The number of carbonyl (C=O) groups is 4. The van der Waals surface area contributed by atoms with Crippen molar-refractivity contribution in [1.29, 1.82) is 0 Å². The van der Waals surface area contributed by atoms with Crippen LogP contribution in [0.2, 0.25) is 0 Å². The molecule has 1 aromatic carbocycles. The number of nitrogens with zero attached hydrogens (tertiary/aromatic N) is 1. The van der Waals surface area contributed by atoms with Crippen LogP contribution in [-0.2, 0) is 9.59 Å². The molecule has 3 amide bonds. The first-order valence-electron chi connectivity index (χ1n) is 6.62. The Hall–Kier alpha value is -2.74. The van der Waals surface area contributed by atoms with E-state index in [9.17, 15) is 24.3 Å². The van der Waals surface area contributed by atoms with Crippen molar-refractivity contribution in [1.82, 2.24) is 10.2 Å². The summed E-state index contributed by atoms with van der Waals surface area (Å²) in [5, 5.41) is 21.4. The number of rotatable bonds is 2. The van der Waals surface area contributed by atoms with Crippen LogP contribution >= 0.6 is 0 Å². The Labute approximate surface area is 124 Å². The van der Waals surface area contributed by atoms with Gasteiger partial charge in [-0.3, -0.25) is 24.6 Å². The maximum Gasteiger partial charge on any atom is 0.335 e. The lowest BCUT2D eigenvalue weighted by Gasteiger charge is -2.31. The van der Waals surface area contributed by atoms with Crippen molar-refractivity contribution in [3.8, 4) is 0 Å². The van der Waals surface area contributed by atoms with Gasteiger partial charge in [0.1, 0.15) is 6.04 Å². The molecule has 2 aliphatic heterocycles. The van der Waals surface area contributed by atoms with Crippen molar-refractivity contribution in [3.63, 3.8) is 0 Å². The summed E-state index contributed by atoms with van der Waals surface area (Å²) in [6.07, 6.45) is -1.22. The van der Waals surface area contributed by atoms with Crippen LogP contribution in [-0.4, -0.2) is 44.8 Å². The first-order valence-corrected chi connectivity index (χ1v) is 6.62. The summed E-state index contributed by atoms with van der Waals surface area (Å²) in [5.41, 5.74) is 0.243. The van der Waals surface area contributed by atoms with Crippen LogP contribution in [0.25, 0.3) is 0 Å². The molecule has 2 unspecified atom stereocenters. The van der Waals surface area contributed by atoms with Gasteiger partial charge in [0.15, 0.2) is 6.23 Å². The third-order valence-corrected chi connectivity index (χ3v) is 3.85. The molecule has 0 spiro atoms. The van der Waals surface area contributed by atoms with E-state index in [4.69, 9.17) is 5.11 Å². The number of carboxylic acids is 1. The fourth-order valence-electron chi connectivity index (χ4n) is 2.76. The number of carboxylic acid groups (broad SMARTS) is 1. The van der Waals surface area contributed by atoms with Gasteiger partial charge in [0.25, 0.3) is 5.91 Å². The Kier molecular flexibility index (Phi) is 3.18. The molecule has 3 N–H and O–H groups in total. The molecule has 1 aromatic rings. The molecular formula is C14H12N2O6. The summed E-state index contributed by atoms with van der Waals surface area (Å²) >= 11 is 0. The van der Waals surface area contributed by atoms with Crippen LogP contribution in [0, 0.1) is 0 Å². The fourth-order valence-corrected chi connectivity index (χ4v) is 2.76. The van der Waals surface area contributed by atoms with E-state index in [0.29, 0.717) is 0 Å². The molecule has 0 aliphatic carbocycles. The van der Waals surface area contributed by atoms with Crippen molar-refractivity contribution in [2.75, 3.05) is 0 Å². The smallest absolute Gasteiger partial charge is 0.335 e. The largest absolute Gasteiger partial charge is 0.478 e. The minimum absolute atomic E-state index is 0.0595. The van der Waals surface area contributed by atoms with Crippen LogP contribution in [0.4, 0.5) is 0 Å². The van der Waals surface area contributed by atoms with Crippen LogP contribution in [0.5, 0.6) is 0 Å². The molecule has 8 heteroatoms. The van der Waals surface area contributed by atoms with Gasteiger partial charge in [0, 0.05) is 17.5 Å². The van der Waals surface area contributed by atoms with Crippen molar-refractivity contribution >= 4 is 23.7 Å².